The number of carbonyl (C=O) groups excluding carboxylic acids is 2. The van der Waals surface area contributed by atoms with Crippen LogP contribution in [0.1, 0.15) is 36.3 Å². The highest BCUT2D eigenvalue weighted by Crippen LogP contribution is 2.37. The van der Waals surface area contributed by atoms with Crippen LogP contribution in [0, 0.1) is 6.92 Å². The summed E-state index contributed by atoms with van der Waals surface area (Å²) in [6, 6.07) is 7.50. The van der Waals surface area contributed by atoms with Gasteiger partial charge in [0.2, 0.25) is 17.8 Å². The van der Waals surface area contributed by atoms with Gasteiger partial charge in [0.15, 0.2) is 0 Å². The molecule has 8 heteroatoms. The summed E-state index contributed by atoms with van der Waals surface area (Å²) in [5, 5.41) is 5.62. The number of nitrogen functional groups attached to an aromatic ring is 1. The number of benzene rings is 1. The van der Waals surface area contributed by atoms with Crippen LogP contribution in [0.4, 0.5) is 23.3 Å². The lowest BCUT2D eigenvalue weighted by molar-refractivity contribution is -0.123. The maximum atomic E-state index is 12.9. The van der Waals surface area contributed by atoms with Gasteiger partial charge >= 0.3 is 0 Å². The normalized spacial score (nSPS) is 18.8. The van der Waals surface area contributed by atoms with Gasteiger partial charge in [-0.25, -0.2) is 0 Å². The fourth-order valence-corrected chi connectivity index (χ4v) is 3.62. The number of rotatable bonds is 3. The summed E-state index contributed by atoms with van der Waals surface area (Å²) >= 11 is 0. The van der Waals surface area contributed by atoms with Crippen molar-refractivity contribution in [3.63, 3.8) is 0 Å². The number of nitrogens with one attached hydrogen (secondary N) is 2. The van der Waals surface area contributed by atoms with E-state index < -0.39 is 5.92 Å². The Morgan fingerprint density at radius 3 is 2.81 bits per heavy atom. The summed E-state index contributed by atoms with van der Waals surface area (Å²) in [6.07, 6.45) is 2.17. The van der Waals surface area contributed by atoms with E-state index in [-0.39, 0.29) is 24.1 Å². The van der Waals surface area contributed by atoms with Crippen LogP contribution in [0.3, 0.4) is 0 Å². The van der Waals surface area contributed by atoms with E-state index in [0.29, 0.717) is 23.0 Å². The molecule has 1 atom stereocenters. The molecule has 2 aliphatic heterocycles. The molecule has 0 bridgehead atoms. The lowest BCUT2D eigenvalue weighted by atomic mass is 9.92. The van der Waals surface area contributed by atoms with Crippen molar-refractivity contribution in [2.24, 2.45) is 0 Å². The van der Waals surface area contributed by atoms with E-state index in [1.165, 1.54) is 0 Å². The number of anilines is 4. The van der Waals surface area contributed by atoms with Crippen molar-refractivity contribution in [1.82, 2.24) is 9.97 Å². The molecule has 0 saturated carbocycles. The maximum Gasteiger partial charge on any atom is 0.232 e. The highest BCUT2D eigenvalue weighted by atomic mass is 16.2. The topological polar surface area (TPSA) is 113 Å². The predicted octanol–water partition coefficient (Wildman–Crippen LogP) is 2.03. The molecule has 2 aliphatic rings. The second kappa shape index (κ2) is 6.86. The first kappa shape index (κ1) is 17.3. The molecular formula is C19H22N6O2. The summed E-state index contributed by atoms with van der Waals surface area (Å²) in [4.78, 5) is 36.0. The van der Waals surface area contributed by atoms with Crippen LogP contribution in [0.15, 0.2) is 24.3 Å². The molecule has 1 fully saturated rings. The molecule has 3 heterocycles. The van der Waals surface area contributed by atoms with Gasteiger partial charge in [-0.3, -0.25) is 9.59 Å². The third kappa shape index (κ3) is 3.42. The SMILES string of the molecule is Cc1cccc(NC(=O)[C@@H]2CC(=O)Nc3nc(N4CCCC4)nc(N)c32)c1. The smallest absolute Gasteiger partial charge is 0.232 e. The fourth-order valence-electron chi connectivity index (χ4n) is 3.62. The molecule has 0 unspecified atom stereocenters. The number of hydrogen-bond acceptors (Lipinski definition) is 6. The first-order chi connectivity index (χ1) is 13.0. The second-order valence-electron chi connectivity index (χ2n) is 7.03. The number of carbonyl (C=O) groups is 2. The Hall–Kier alpha value is -3.16. The number of nitrogens with zero attached hydrogens (tertiary/aromatic N) is 3. The quantitative estimate of drug-likeness (QED) is 0.766. The fraction of sp³-hybridized carbons (Fsp3) is 0.368. The van der Waals surface area contributed by atoms with Gasteiger partial charge in [0.25, 0.3) is 0 Å². The standard InChI is InChI=1S/C19H22N6O2/c1-11-5-4-6-12(9-11)21-18(27)13-10-14(26)22-17-15(13)16(20)23-19(24-17)25-7-2-3-8-25/h4-6,9,13H,2-3,7-8,10H2,1H3,(H,21,27)(H3,20,22,23,24,26)/t13-/m1/s1. The first-order valence-electron chi connectivity index (χ1n) is 9.11. The minimum absolute atomic E-state index is 0.0151. The van der Waals surface area contributed by atoms with E-state index in [4.69, 9.17) is 5.73 Å². The number of aromatic nitrogens is 2. The number of hydrogen-bond donors (Lipinski definition) is 3. The molecule has 1 saturated heterocycles. The summed E-state index contributed by atoms with van der Waals surface area (Å²) in [5.41, 5.74) is 8.40. The minimum Gasteiger partial charge on any atom is -0.383 e. The Labute approximate surface area is 157 Å². The first-order valence-corrected chi connectivity index (χ1v) is 9.11. The minimum atomic E-state index is -0.720. The van der Waals surface area contributed by atoms with Crippen molar-refractivity contribution in [2.75, 3.05) is 34.4 Å². The molecule has 2 aromatic rings. The van der Waals surface area contributed by atoms with Gasteiger partial charge in [-0.1, -0.05) is 12.1 Å². The lowest BCUT2D eigenvalue weighted by Crippen LogP contribution is -2.33. The second-order valence-corrected chi connectivity index (χ2v) is 7.03. The van der Waals surface area contributed by atoms with Gasteiger partial charge in [0, 0.05) is 25.2 Å². The van der Waals surface area contributed by atoms with Crippen LogP contribution in [-0.4, -0.2) is 34.9 Å². The lowest BCUT2D eigenvalue weighted by Gasteiger charge is -2.26. The molecule has 2 amide bonds. The Bertz CT molecular complexity index is 907. The molecule has 0 radical (unpaired) electrons. The Morgan fingerprint density at radius 2 is 2.07 bits per heavy atom. The third-order valence-electron chi connectivity index (χ3n) is 4.95. The average molecular weight is 366 g/mol. The maximum absolute atomic E-state index is 12.9. The van der Waals surface area contributed by atoms with Gasteiger partial charge in [-0.15, -0.1) is 0 Å². The summed E-state index contributed by atoms with van der Waals surface area (Å²) in [7, 11) is 0. The molecule has 140 valence electrons. The van der Waals surface area contributed by atoms with Gasteiger partial charge in [0.05, 0.1) is 11.5 Å². The van der Waals surface area contributed by atoms with Crippen molar-refractivity contribution in [3.05, 3.63) is 35.4 Å². The van der Waals surface area contributed by atoms with Gasteiger partial charge in [-0.05, 0) is 37.5 Å². The molecular weight excluding hydrogens is 344 g/mol. The van der Waals surface area contributed by atoms with Gasteiger partial charge in [0.1, 0.15) is 11.6 Å². The van der Waals surface area contributed by atoms with E-state index >= 15 is 0 Å². The van der Waals surface area contributed by atoms with E-state index in [2.05, 4.69) is 20.6 Å². The molecule has 4 rings (SSSR count). The highest BCUT2D eigenvalue weighted by molar-refractivity contribution is 6.05. The van der Waals surface area contributed by atoms with Gasteiger partial charge < -0.3 is 21.3 Å². The predicted molar refractivity (Wildman–Crippen MR) is 104 cm³/mol. The van der Waals surface area contributed by atoms with Crippen molar-refractivity contribution < 1.29 is 9.59 Å². The van der Waals surface area contributed by atoms with Crippen molar-refractivity contribution in [3.8, 4) is 0 Å². The molecule has 1 aromatic carbocycles. The van der Waals surface area contributed by atoms with Crippen molar-refractivity contribution in [2.45, 2.75) is 32.1 Å². The zero-order valence-corrected chi connectivity index (χ0v) is 15.2. The zero-order valence-electron chi connectivity index (χ0n) is 15.2. The third-order valence-corrected chi connectivity index (χ3v) is 4.95. The summed E-state index contributed by atoms with van der Waals surface area (Å²) in [5.74, 6) is -0.180. The largest absolute Gasteiger partial charge is 0.383 e. The monoisotopic (exact) mass is 366 g/mol. The van der Waals surface area contributed by atoms with Crippen LogP contribution in [0.2, 0.25) is 0 Å². The van der Waals surface area contributed by atoms with Crippen LogP contribution in [0.25, 0.3) is 0 Å². The molecule has 4 N–H and O–H groups in total. The van der Waals surface area contributed by atoms with E-state index in [9.17, 15) is 9.59 Å². The Morgan fingerprint density at radius 1 is 1.30 bits per heavy atom. The number of aryl methyl sites for hydroxylation is 1. The Balaban J connectivity index is 1.65. The van der Waals surface area contributed by atoms with Crippen LogP contribution >= 0.6 is 0 Å². The van der Waals surface area contributed by atoms with Crippen LogP contribution < -0.4 is 21.3 Å². The summed E-state index contributed by atoms with van der Waals surface area (Å²) < 4.78 is 0. The highest BCUT2D eigenvalue weighted by Gasteiger charge is 2.35. The zero-order chi connectivity index (χ0) is 19.0. The average Bonchev–Trinajstić information content (AvgIpc) is 3.15. The molecule has 1 aromatic heterocycles. The molecule has 27 heavy (non-hydrogen) atoms. The van der Waals surface area contributed by atoms with Crippen molar-refractivity contribution in [1.29, 1.82) is 0 Å². The van der Waals surface area contributed by atoms with Gasteiger partial charge in [-0.2, -0.15) is 9.97 Å². The Kier molecular flexibility index (Phi) is 4.39. The van der Waals surface area contributed by atoms with E-state index in [0.717, 1.165) is 31.5 Å². The molecule has 8 nitrogen and oxygen atoms in total. The van der Waals surface area contributed by atoms with Crippen LogP contribution in [0.5, 0.6) is 0 Å². The number of fused-ring (bicyclic) bond motifs is 1. The van der Waals surface area contributed by atoms with Crippen LogP contribution in [-0.2, 0) is 9.59 Å². The molecule has 0 spiro atoms. The van der Waals surface area contributed by atoms with E-state index in [1.807, 2.05) is 36.1 Å². The molecule has 0 aliphatic carbocycles. The number of nitrogens with two attached hydrogens (primary N) is 1. The number of amides is 2. The summed E-state index contributed by atoms with van der Waals surface area (Å²) in [6.45, 7) is 3.68. The van der Waals surface area contributed by atoms with E-state index in [1.54, 1.807) is 0 Å². The van der Waals surface area contributed by atoms with Crippen molar-refractivity contribution >= 4 is 35.1 Å².